The third-order valence-corrected chi connectivity index (χ3v) is 3.72. The van der Waals surface area contributed by atoms with Crippen LogP contribution in [0.2, 0.25) is 0 Å². The van der Waals surface area contributed by atoms with Crippen molar-refractivity contribution in [2.24, 2.45) is 0 Å². The first kappa shape index (κ1) is 12.3. The van der Waals surface area contributed by atoms with Crippen LogP contribution in [0.4, 0.5) is 0 Å². The number of aryl methyl sites for hydroxylation is 2. The van der Waals surface area contributed by atoms with Crippen molar-refractivity contribution in [3.05, 3.63) is 51.5 Å². The van der Waals surface area contributed by atoms with Crippen LogP contribution in [-0.4, -0.2) is 4.98 Å². The number of nitrogens with zero attached hydrogens (tertiary/aromatic N) is 1. The summed E-state index contributed by atoms with van der Waals surface area (Å²) in [4.78, 5) is 4.28. The zero-order chi connectivity index (χ0) is 12.3. The highest BCUT2D eigenvalue weighted by molar-refractivity contribution is 7.09. The maximum absolute atomic E-state index is 4.28. The van der Waals surface area contributed by atoms with Crippen molar-refractivity contribution >= 4 is 11.3 Å². The van der Waals surface area contributed by atoms with Crippen LogP contribution in [0.15, 0.2) is 29.8 Å². The van der Waals surface area contributed by atoms with Crippen LogP contribution in [0.1, 0.15) is 34.7 Å². The summed E-state index contributed by atoms with van der Waals surface area (Å²) in [7, 11) is 0. The monoisotopic (exact) mass is 246 g/mol. The van der Waals surface area contributed by atoms with Gasteiger partial charge in [-0.05, 0) is 31.9 Å². The lowest BCUT2D eigenvalue weighted by Crippen LogP contribution is -2.18. The van der Waals surface area contributed by atoms with E-state index in [-0.39, 0.29) is 0 Å². The predicted molar refractivity (Wildman–Crippen MR) is 73.3 cm³/mol. The highest BCUT2D eigenvalue weighted by Gasteiger charge is 2.08. The van der Waals surface area contributed by atoms with E-state index in [9.17, 15) is 0 Å². The number of hydrogen-bond acceptors (Lipinski definition) is 3. The number of hydrogen-bond donors (Lipinski definition) is 1. The molecule has 2 rings (SSSR count). The maximum Gasteiger partial charge on any atom is 0.106 e. The van der Waals surface area contributed by atoms with Gasteiger partial charge in [-0.2, -0.15) is 0 Å². The Morgan fingerprint density at radius 3 is 2.88 bits per heavy atom. The molecule has 1 atom stereocenters. The molecule has 2 nitrogen and oxygen atoms in total. The molecule has 1 unspecified atom stereocenters. The molecule has 1 heterocycles. The van der Waals surface area contributed by atoms with Crippen LogP contribution >= 0.6 is 11.3 Å². The molecule has 2 aromatic rings. The van der Waals surface area contributed by atoms with E-state index in [1.54, 1.807) is 11.3 Å². The first-order valence-corrected chi connectivity index (χ1v) is 6.73. The van der Waals surface area contributed by atoms with E-state index in [0.717, 1.165) is 11.6 Å². The largest absolute Gasteiger partial charge is 0.304 e. The molecule has 1 aromatic carbocycles. The second kappa shape index (κ2) is 5.43. The molecule has 0 radical (unpaired) electrons. The van der Waals surface area contributed by atoms with Gasteiger partial charge in [-0.1, -0.05) is 23.8 Å². The van der Waals surface area contributed by atoms with E-state index < -0.39 is 0 Å². The summed E-state index contributed by atoms with van der Waals surface area (Å²) in [6, 6.07) is 6.96. The lowest BCUT2D eigenvalue weighted by Gasteiger charge is -2.16. The van der Waals surface area contributed by atoms with Crippen molar-refractivity contribution in [1.29, 1.82) is 0 Å². The molecule has 3 heteroatoms. The van der Waals surface area contributed by atoms with Gasteiger partial charge in [0, 0.05) is 24.2 Å². The van der Waals surface area contributed by atoms with E-state index in [0.29, 0.717) is 6.04 Å². The Morgan fingerprint density at radius 2 is 2.18 bits per heavy atom. The van der Waals surface area contributed by atoms with E-state index in [1.807, 2.05) is 11.6 Å². The molecule has 0 spiro atoms. The lowest BCUT2D eigenvalue weighted by atomic mass is 10.00. The van der Waals surface area contributed by atoms with Gasteiger partial charge in [-0.25, -0.2) is 4.98 Å². The van der Waals surface area contributed by atoms with Gasteiger partial charge in [0.25, 0.3) is 0 Å². The fourth-order valence-electron chi connectivity index (χ4n) is 1.92. The van der Waals surface area contributed by atoms with Gasteiger partial charge >= 0.3 is 0 Å². The minimum absolute atomic E-state index is 0.360. The summed E-state index contributed by atoms with van der Waals surface area (Å²) in [5.74, 6) is 0. The van der Waals surface area contributed by atoms with Crippen LogP contribution in [-0.2, 0) is 6.54 Å². The molecule has 0 saturated carbocycles. The SMILES string of the molecule is Cc1ccc(C)c(C(C)NCc2nccs2)c1. The summed E-state index contributed by atoms with van der Waals surface area (Å²) in [6.45, 7) is 7.34. The summed E-state index contributed by atoms with van der Waals surface area (Å²) >= 11 is 1.69. The number of rotatable bonds is 4. The van der Waals surface area contributed by atoms with Crippen molar-refractivity contribution in [1.82, 2.24) is 10.3 Å². The number of aromatic nitrogens is 1. The normalized spacial score (nSPS) is 12.6. The molecule has 0 bridgehead atoms. The fourth-order valence-corrected chi connectivity index (χ4v) is 2.48. The minimum atomic E-state index is 0.360. The van der Waals surface area contributed by atoms with Crippen LogP contribution in [0.5, 0.6) is 0 Å². The second-order valence-corrected chi connectivity index (χ2v) is 5.37. The Kier molecular flexibility index (Phi) is 3.92. The molecule has 0 aliphatic carbocycles. The van der Waals surface area contributed by atoms with Gasteiger partial charge in [-0.3, -0.25) is 0 Å². The fraction of sp³-hybridized carbons (Fsp3) is 0.357. The molecular formula is C14H18N2S. The highest BCUT2D eigenvalue weighted by atomic mass is 32.1. The Labute approximate surface area is 107 Å². The molecule has 0 fully saturated rings. The van der Waals surface area contributed by atoms with Gasteiger partial charge < -0.3 is 5.32 Å². The Balaban J connectivity index is 2.04. The summed E-state index contributed by atoms with van der Waals surface area (Å²) < 4.78 is 0. The smallest absolute Gasteiger partial charge is 0.106 e. The number of nitrogens with one attached hydrogen (secondary N) is 1. The first-order valence-electron chi connectivity index (χ1n) is 5.85. The van der Waals surface area contributed by atoms with Gasteiger partial charge in [0.05, 0.1) is 0 Å². The van der Waals surface area contributed by atoms with Crippen molar-refractivity contribution in [2.75, 3.05) is 0 Å². The standard InChI is InChI=1S/C14H18N2S/c1-10-4-5-11(2)13(8-10)12(3)16-9-14-15-6-7-17-14/h4-8,12,16H,9H2,1-3H3. The van der Waals surface area contributed by atoms with E-state index in [1.165, 1.54) is 16.7 Å². The van der Waals surface area contributed by atoms with Crippen LogP contribution in [0.3, 0.4) is 0 Å². The highest BCUT2D eigenvalue weighted by Crippen LogP contribution is 2.19. The van der Waals surface area contributed by atoms with E-state index in [4.69, 9.17) is 0 Å². The molecule has 0 aliphatic rings. The van der Waals surface area contributed by atoms with E-state index >= 15 is 0 Å². The second-order valence-electron chi connectivity index (χ2n) is 4.39. The average molecular weight is 246 g/mol. The predicted octanol–water partition coefficient (Wildman–Crippen LogP) is 3.61. The van der Waals surface area contributed by atoms with Crippen molar-refractivity contribution < 1.29 is 0 Å². The number of benzene rings is 1. The third kappa shape index (κ3) is 3.14. The summed E-state index contributed by atoms with van der Waals surface area (Å²) in [6.07, 6.45) is 1.85. The molecule has 1 N–H and O–H groups in total. The van der Waals surface area contributed by atoms with Crippen LogP contribution in [0.25, 0.3) is 0 Å². The van der Waals surface area contributed by atoms with Gasteiger partial charge in [-0.15, -0.1) is 11.3 Å². The Morgan fingerprint density at radius 1 is 1.35 bits per heavy atom. The van der Waals surface area contributed by atoms with Crippen molar-refractivity contribution in [3.8, 4) is 0 Å². The Hall–Kier alpha value is -1.19. The zero-order valence-electron chi connectivity index (χ0n) is 10.5. The molecule has 0 saturated heterocycles. The lowest BCUT2D eigenvalue weighted by molar-refractivity contribution is 0.570. The topological polar surface area (TPSA) is 24.9 Å². The van der Waals surface area contributed by atoms with Crippen molar-refractivity contribution in [2.45, 2.75) is 33.4 Å². The van der Waals surface area contributed by atoms with Crippen molar-refractivity contribution in [3.63, 3.8) is 0 Å². The van der Waals surface area contributed by atoms with Gasteiger partial charge in [0.1, 0.15) is 5.01 Å². The maximum atomic E-state index is 4.28. The van der Waals surface area contributed by atoms with Gasteiger partial charge in [0.2, 0.25) is 0 Å². The molecular weight excluding hydrogens is 228 g/mol. The van der Waals surface area contributed by atoms with Crippen LogP contribution < -0.4 is 5.32 Å². The molecule has 0 aliphatic heterocycles. The first-order chi connectivity index (χ1) is 8.16. The molecule has 90 valence electrons. The van der Waals surface area contributed by atoms with E-state index in [2.05, 4.69) is 49.3 Å². The number of thiazole rings is 1. The van der Waals surface area contributed by atoms with Gasteiger partial charge in [0.15, 0.2) is 0 Å². The summed E-state index contributed by atoms with van der Waals surface area (Å²) in [5, 5.41) is 6.67. The molecule has 1 aromatic heterocycles. The average Bonchev–Trinajstić information content (AvgIpc) is 2.82. The summed E-state index contributed by atoms with van der Waals surface area (Å²) in [5.41, 5.74) is 4.03. The molecule has 17 heavy (non-hydrogen) atoms. The zero-order valence-corrected chi connectivity index (χ0v) is 11.3. The van der Waals surface area contributed by atoms with Crippen LogP contribution in [0, 0.1) is 13.8 Å². The third-order valence-electron chi connectivity index (χ3n) is 2.94. The molecule has 0 amide bonds. The quantitative estimate of drug-likeness (QED) is 0.891. The Bertz CT molecular complexity index is 477. The minimum Gasteiger partial charge on any atom is -0.304 e.